The lowest BCUT2D eigenvalue weighted by Gasteiger charge is -2.03. The minimum atomic E-state index is -0.866. The highest BCUT2D eigenvalue weighted by atomic mass is 16.4. The third kappa shape index (κ3) is 2.82. The van der Waals surface area contributed by atoms with Crippen molar-refractivity contribution in [3.05, 3.63) is 35.4 Å². The topological polar surface area (TPSA) is 66.4 Å². The number of carboxylic acids is 1. The summed E-state index contributed by atoms with van der Waals surface area (Å²) in [6.07, 6.45) is 2.11. The monoisotopic (exact) mass is 219 g/mol. The summed E-state index contributed by atoms with van der Waals surface area (Å²) >= 11 is 0. The molecule has 0 aromatic heterocycles. The average Bonchev–Trinajstić information content (AvgIpc) is 3.01. The zero-order valence-electron chi connectivity index (χ0n) is 8.77. The van der Waals surface area contributed by atoms with E-state index in [-0.39, 0.29) is 12.3 Å². The van der Waals surface area contributed by atoms with E-state index in [9.17, 15) is 9.59 Å². The van der Waals surface area contributed by atoms with Crippen LogP contribution >= 0.6 is 0 Å². The van der Waals surface area contributed by atoms with Crippen molar-refractivity contribution in [2.75, 3.05) is 0 Å². The molecule has 16 heavy (non-hydrogen) atoms. The first-order valence-electron chi connectivity index (χ1n) is 5.27. The minimum absolute atomic E-state index is 0.00940. The summed E-state index contributed by atoms with van der Waals surface area (Å²) in [4.78, 5) is 22.1. The van der Waals surface area contributed by atoms with Crippen LogP contribution in [0.2, 0.25) is 0 Å². The van der Waals surface area contributed by atoms with Gasteiger partial charge in [-0.15, -0.1) is 0 Å². The van der Waals surface area contributed by atoms with Gasteiger partial charge in [0.25, 0.3) is 5.91 Å². The molecule has 1 saturated carbocycles. The number of hydrogen-bond donors (Lipinski definition) is 2. The maximum absolute atomic E-state index is 11.6. The lowest BCUT2D eigenvalue weighted by Crippen LogP contribution is -2.25. The molecule has 0 unspecified atom stereocenters. The van der Waals surface area contributed by atoms with Gasteiger partial charge in [-0.25, -0.2) is 0 Å². The Hall–Kier alpha value is -1.84. The largest absolute Gasteiger partial charge is 0.481 e. The summed E-state index contributed by atoms with van der Waals surface area (Å²) in [5.74, 6) is -0.945. The number of benzene rings is 1. The van der Waals surface area contributed by atoms with Gasteiger partial charge in [0.05, 0.1) is 6.42 Å². The maximum Gasteiger partial charge on any atom is 0.307 e. The van der Waals surface area contributed by atoms with E-state index in [2.05, 4.69) is 5.32 Å². The Morgan fingerprint density at radius 3 is 2.38 bits per heavy atom. The van der Waals surface area contributed by atoms with E-state index in [1.54, 1.807) is 24.3 Å². The van der Waals surface area contributed by atoms with Crippen molar-refractivity contribution in [2.45, 2.75) is 25.3 Å². The average molecular weight is 219 g/mol. The van der Waals surface area contributed by atoms with E-state index in [4.69, 9.17) is 5.11 Å². The second-order valence-corrected chi connectivity index (χ2v) is 4.02. The molecule has 0 aliphatic heterocycles. The molecule has 4 heteroatoms. The van der Waals surface area contributed by atoms with Gasteiger partial charge in [0, 0.05) is 11.6 Å². The second kappa shape index (κ2) is 4.35. The number of carbonyl (C=O) groups is 2. The fourth-order valence-electron chi connectivity index (χ4n) is 1.44. The number of carboxylic acid groups (broad SMARTS) is 1. The Bertz CT molecular complexity index is 407. The highest BCUT2D eigenvalue weighted by molar-refractivity contribution is 5.94. The van der Waals surface area contributed by atoms with E-state index >= 15 is 0 Å². The zero-order chi connectivity index (χ0) is 11.5. The van der Waals surface area contributed by atoms with E-state index in [0.29, 0.717) is 17.2 Å². The van der Waals surface area contributed by atoms with Crippen molar-refractivity contribution in [2.24, 2.45) is 0 Å². The fraction of sp³-hybridized carbons (Fsp3) is 0.333. The summed E-state index contributed by atoms with van der Waals surface area (Å²) in [7, 11) is 0. The maximum atomic E-state index is 11.6. The molecule has 1 fully saturated rings. The smallest absolute Gasteiger partial charge is 0.307 e. The summed E-state index contributed by atoms with van der Waals surface area (Å²) < 4.78 is 0. The third-order valence-electron chi connectivity index (χ3n) is 2.48. The van der Waals surface area contributed by atoms with Crippen LogP contribution in [0, 0.1) is 0 Å². The molecule has 2 N–H and O–H groups in total. The summed E-state index contributed by atoms with van der Waals surface area (Å²) in [5, 5.41) is 11.5. The molecule has 0 bridgehead atoms. The van der Waals surface area contributed by atoms with Crippen LogP contribution in [-0.4, -0.2) is 23.0 Å². The molecule has 4 nitrogen and oxygen atoms in total. The van der Waals surface area contributed by atoms with Gasteiger partial charge in [-0.05, 0) is 30.5 Å². The second-order valence-electron chi connectivity index (χ2n) is 4.02. The first kappa shape index (κ1) is 10.7. The van der Waals surface area contributed by atoms with Crippen LogP contribution in [0.4, 0.5) is 0 Å². The van der Waals surface area contributed by atoms with Crippen LogP contribution in [0.25, 0.3) is 0 Å². The molecule has 0 spiro atoms. The third-order valence-corrected chi connectivity index (χ3v) is 2.48. The van der Waals surface area contributed by atoms with Gasteiger partial charge in [-0.3, -0.25) is 9.59 Å². The van der Waals surface area contributed by atoms with Crippen molar-refractivity contribution in [3.63, 3.8) is 0 Å². The molecule has 0 heterocycles. The highest BCUT2D eigenvalue weighted by Gasteiger charge is 2.23. The molecule has 1 amide bonds. The number of hydrogen-bond acceptors (Lipinski definition) is 2. The van der Waals surface area contributed by atoms with Gasteiger partial charge < -0.3 is 10.4 Å². The molecule has 2 rings (SSSR count). The Kier molecular flexibility index (Phi) is 2.90. The number of nitrogens with one attached hydrogen (secondary N) is 1. The van der Waals surface area contributed by atoms with Crippen molar-refractivity contribution in [1.29, 1.82) is 0 Å². The summed E-state index contributed by atoms with van der Waals surface area (Å²) in [6.45, 7) is 0. The molecule has 1 aromatic rings. The Balaban J connectivity index is 2.00. The van der Waals surface area contributed by atoms with Crippen LogP contribution in [-0.2, 0) is 11.2 Å². The first-order valence-corrected chi connectivity index (χ1v) is 5.27. The van der Waals surface area contributed by atoms with Crippen LogP contribution in [0.1, 0.15) is 28.8 Å². The Morgan fingerprint density at radius 2 is 1.88 bits per heavy atom. The predicted molar refractivity (Wildman–Crippen MR) is 58.3 cm³/mol. The lowest BCUT2D eigenvalue weighted by atomic mass is 10.1. The quantitative estimate of drug-likeness (QED) is 0.799. The molecule has 1 aromatic carbocycles. The standard InChI is InChI=1S/C12H13NO3/c14-11(15)7-8-1-3-9(4-2-8)12(16)13-10-5-6-10/h1-4,10H,5-7H2,(H,13,16)(H,14,15). The van der Waals surface area contributed by atoms with Gasteiger partial charge >= 0.3 is 5.97 Å². The van der Waals surface area contributed by atoms with E-state index in [1.165, 1.54) is 0 Å². The van der Waals surface area contributed by atoms with Crippen molar-refractivity contribution in [1.82, 2.24) is 5.32 Å². The Labute approximate surface area is 93.3 Å². The predicted octanol–water partition coefficient (Wildman–Crippen LogP) is 1.21. The molecular formula is C12H13NO3. The molecule has 0 radical (unpaired) electrons. The number of amides is 1. The minimum Gasteiger partial charge on any atom is -0.481 e. The van der Waals surface area contributed by atoms with Gasteiger partial charge in [0.2, 0.25) is 0 Å². The summed E-state index contributed by atoms with van der Waals surface area (Å²) in [6, 6.07) is 7.02. The van der Waals surface area contributed by atoms with Crippen LogP contribution < -0.4 is 5.32 Å². The number of carbonyl (C=O) groups excluding carboxylic acids is 1. The van der Waals surface area contributed by atoms with Gasteiger partial charge in [-0.1, -0.05) is 12.1 Å². The van der Waals surface area contributed by atoms with Gasteiger partial charge in [-0.2, -0.15) is 0 Å². The normalized spacial score (nSPS) is 14.5. The van der Waals surface area contributed by atoms with Crippen molar-refractivity contribution in [3.8, 4) is 0 Å². The van der Waals surface area contributed by atoms with E-state index < -0.39 is 5.97 Å². The summed E-state index contributed by atoms with van der Waals surface area (Å²) in [5.41, 5.74) is 1.29. The van der Waals surface area contributed by atoms with Crippen LogP contribution in [0.5, 0.6) is 0 Å². The van der Waals surface area contributed by atoms with E-state index in [0.717, 1.165) is 12.8 Å². The van der Waals surface area contributed by atoms with Gasteiger partial charge in [0.15, 0.2) is 0 Å². The lowest BCUT2D eigenvalue weighted by molar-refractivity contribution is -0.136. The van der Waals surface area contributed by atoms with Crippen molar-refractivity contribution >= 4 is 11.9 Å². The molecule has 0 atom stereocenters. The van der Waals surface area contributed by atoms with Gasteiger partial charge in [0.1, 0.15) is 0 Å². The molecule has 1 aliphatic carbocycles. The SMILES string of the molecule is O=C(O)Cc1ccc(C(=O)NC2CC2)cc1. The first-order chi connectivity index (χ1) is 7.65. The Morgan fingerprint density at radius 1 is 1.25 bits per heavy atom. The molecule has 0 saturated heterocycles. The number of aliphatic carboxylic acids is 1. The fourth-order valence-corrected chi connectivity index (χ4v) is 1.44. The highest BCUT2D eigenvalue weighted by Crippen LogP contribution is 2.19. The molecular weight excluding hydrogens is 206 g/mol. The van der Waals surface area contributed by atoms with Crippen LogP contribution in [0.15, 0.2) is 24.3 Å². The molecule has 1 aliphatic rings. The molecule has 84 valence electrons. The zero-order valence-corrected chi connectivity index (χ0v) is 8.77. The van der Waals surface area contributed by atoms with E-state index in [1.807, 2.05) is 0 Å². The van der Waals surface area contributed by atoms with Crippen LogP contribution in [0.3, 0.4) is 0 Å². The van der Waals surface area contributed by atoms with Crippen molar-refractivity contribution < 1.29 is 14.7 Å². The number of rotatable bonds is 4.